The topological polar surface area (TPSA) is 58.6 Å². The quantitative estimate of drug-likeness (QED) is 0.785. The fourth-order valence-corrected chi connectivity index (χ4v) is 3.85. The summed E-state index contributed by atoms with van der Waals surface area (Å²) in [6.07, 6.45) is 2.62. The number of likely N-dealkylation sites (tertiary alicyclic amines) is 1. The van der Waals surface area contributed by atoms with Crippen molar-refractivity contribution in [2.45, 2.75) is 32.6 Å². The number of piperidine rings is 1. The lowest BCUT2D eigenvalue weighted by Gasteiger charge is -2.31. The van der Waals surface area contributed by atoms with Crippen molar-refractivity contribution < 1.29 is 14.3 Å². The van der Waals surface area contributed by atoms with Gasteiger partial charge in [-0.15, -0.1) is 0 Å². The van der Waals surface area contributed by atoms with Crippen LogP contribution in [0.3, 0.4) is 0 Å². The summed E-state index contributed by atoms with van der Waals surface area (Å²) in [7, 11) is 1.66. The Kier molecular flexibility index (Phi) is 7.28. The number of hydrogen-bond acceptors (Lipinski definition) is 3. The van der Waals surface area contributed by atoms with Gasteiger partial charge in [0, 0.05) is 25.6 Å². The lowest BCUT2D eigenvalue weighted by Crippen LogP contribution is -2.43. The SMILES string of the molecule is COc1ccccc1CCNC(=O)C1CCN(C(=O)Cc2ccccc2C)CC1. The largest absolute Gasteiger partial charge is 0.496 e. The minimum absolute atomic E-state index is 0.0184. The average molecular weight is 395 g/mol. The summed E-state index contributed by atoms with van der Waals surface area (Å²) in [6.45, 7) is 3.92. The maximum Gasteiger partial charge on any atom is 0.226 e. The standard InChI is InChI=1S/C24H30N2O3/c1-18-7-3-4-9-21(18)17-23(27)26-15-12-20(13-16-26)24(28)25-14-11-19-8-5-6-10-22(19)29-2/h3-10,20H,11-17H2,1-2H3,(H,25,28). The Morgan fingerprint density at radius 2 is 1.69 bits per heavy atom. The van der Waals surface area contributed by atoms with Crippen LogP contribution in [0.25, 0.3) is 0 Å². The van der Waals surface area contributed by atoms with E-state index >= 15 is 0 Å². The normalized spacial score (nSPS) is 14.5. The first kappa shape index (κ1) is 20.9. The number of aryl methyl sites for hydroxylation is 1. The number of methoxy groups -OCH3 is 1. The van der Waals surface area contributed by atoms with Gasteiger partial charge in [-0.25, -0.2) is 0 Å². The fraction of sp³-hybridized carbons (Fsp3) is 0.417. The number of hydrogen-bond donors (Lipinski definition) is 1. The summed E-state index contributed by atoms with van der Waals surface area (Å²) in [4.78, 5) is 27.0. The van der Waals surface area contributed by atoms with E-state index in [4.69, 9.17) is 4.74 Å². The zero-order valence-corrected chi connectivity index (χ0v) is 17.3. The molecule has 0 atom stereocenters. The second-order valence-electron chi connectivity index (χ2n) is 7.61. The van der Waals surface area contributed by atoms with Gasteiger partial charge in [-0.05, 0) is 48.9 Å². The Balaban J connectivity index is 1.42. The number of para-hydroxylation sites is 1. The first-order chi connectivity index (χ1) is 14.1. The number of nitrogens with one attached hydrogen (secondary N) is 1. The summed E-state index contributed by atoms with van der Waals surface area (Å²) < 4.78 is 5.35. The molecule has 0 radical (unpaired) electrons. The van der Waals surface area contributed by atoms with E-state index in [1.165, 1.54) is 0 Å². The number of carbonyl (C=O) groups is 2. The highest BCUT2D eigenvalue weighted by Gasteiger charge is 2.27. The molecule has 2 aromatic rings. The zero-order valence-electron chi connectivity index (χ0n) is 17.3. The summed E-state index contributed by atoms with van der Waals surface area (Å²) in [5, 5.41) is 3.05. The smallest absolute Gasteiger partial charge is 0.226 e. The van der Waals surface area contributed by atoms with Crippen molar-refractivity contribution in [2.24, 2.45) is 5.92 Å². The molecule has 1 saturated heterocycles. The van der Waals surface area contributed by atoms with E-state index in [2.05, 4.69) is 5.32 Å². The molecule has 1 heterocycles. The molecule has 1 N–H and O–H groups in total. The molecule has 154 valence electrons. The molecule has 0 aliphatic carbocycles. The van der Waals surface area contributed by atoms with Gasteiger partial charge < -0.3 is 15.0 Å². The Labute approximate surface area is 173 Å². The Hall–Kier alpha value is -2.82. The first-order valence-electron chi connectivity index (χ1n) is 10.3. The van der Waals surface area contributed by atoms with Gasteiger partial charge in [0.1, 0.15) is 5.75 Å². The molecule has 1 fully saturated rings. The van der Waals surface area contributed by atoms with Crippen LogP contribution in [0.4, 0.5) is 0 Å². The van der Waals surface area contributed by atoms with Gasteiger partial charge in [0.15, 0.2) is 0 Å². The van der Waals surface area contributed by atoms with Crippen LogP contribution in [-0.4, -0.2) is 43.5 Å². The molecule has 0 spiro atoms. The predicted octanol–water partition coefficient (Wildman–Crippen LogP) is 3.14. The second kappa shape index (κ2) is 10.1. The molecule has 2 aromatic carbocycles. The summed E-state index contributed by atoms with van der Waals surface area (Å²) in [5.41, 5.74) is 3.31. The van der Waals surface area contributed by atoms with Crippen molar-refractivity contribution in [3.63, 3.8) is 0 Å². The number of carbonyl (C=O) groups excluding carboxylic acids is 2. The molecule has 1 aliphatic heterocycles. The van der Waals surface area contributed by atoms with Crippen LogP contribution >= 0.6 is 0 Å². The Morgan fingerprint density at radius 1 is 1.03 bits per heavy atom. The Bertz CT molecular complexity index is 842. The van der Waals surface area contributed by atoms with Crippen LogP contribution in [0.1, 0.15) is 29.5 Å². The number of rotatable bonds is 7. The highest BCUT2D eigenvalue weighted by Crippen LogP contribution is 2.20. The molecule has 2 amide bonds. The van der Waals surface area contributed by atoms with Crippen molar-refractivity contribution in [1.82, 2.24) is 10.2 Å². The molecular weight excluding hydrogens is 364 g/mol. The molecule has 0 aromatic heterocycles. The maximum absolute atomic E-state index is 12.6. The molecule has 0 bridgehead atoms. The van der Waals surface area contributed by atoms with Crippen LogP contribution < -0.4 is 10.1 Å². The Morgan fingerprint density at radius 3 is 2.38 bits per heavy atom. The van der Waals surface area contributed by atoms with E-state index < -0.39 is 0 Å². The van der Waals surface area contributed by atoms with Gasteiger partial charge in [0.25, 0.3) is 0 Å². The van der Waals surface area contributed by atoms with Gasteiger partial charge in [-0.2, -0.15) is 0 Å². The van der Waals surface area contributed by atoms with Crippen molar-refractivity contribution >= 4 is 11.8 Å². The van der Waals surface area contributed by atoms with Crippen molar-refractivity contribution in [3.05, 3.63) is 65.2 Å². The van der Waals surface area contributed by atoms with Crippen molar-refractivity contribution in [3.8, 4) is 5.75 Å². The number of benzene rings is 2. The second-order valence-corrected chi connectivity index (χ2v) is 7.61. The van der Waals surface area contributed by atoms with Crippen molar-refractivity contribution in [2.75, 3.05) is 26.7 Å². The maximum atomic E-state index is 12.6. The first-order valence-corrected chi connectivity index (χ1v) is 10.3. The number of nitrogens with zero attached hydrogens (tertiary/aromatic N) is 1. The third-order valence-corrected chi connectivity index (χ3v) is 5.71. The summed E-state index contributed by atoms with van der Waals surface area (Å²) in [6, 6.07) is 15.9. The van der Waals surface area contributed by atoms with E-state index in [1.807, 2.05) is 60.4 Å². The molecule has 3 rings (SSSR count). The molecule has 5 heteroatoms. The molecule has 0 saturated carbocycles. The van der Waals surface area contributed by atoms with Gasteiger partial charge in [0.2, 0.25) is 11.8 Å². The highest BCUT2D eigenvalue weighted by atomic mass is 16.5. The van der Waals surface area contributed by atoms with Gasteiger partial charge in [-0.1, -0.05) is 42.5 Å². The fourth-order valence-electron chi connectivity index (χ4n) is 3.85. The lowest BCUT2D eigenvalue weighted by atomic mass is 9.95. The molecule has 1 aliphatic rings. The minimum Gasteiger partial charge on any atom is -0.496 e. The third-order valence-electron chi connectivity index (χ3n) is 5.71. The van der Waals surface area contributed by atoms with Crippen LogP contribution in [0.15, 0.2) is 48.5 Å². The van der Waals surface area contributed by atoms with E-state index in [0.29, 0.717) is 26.1 Å². The van der Waals surface area contributed by atoms with Crippen LogP contribution in [0, 0.1) is 12.8 Å². The van der Waals surface area contributed by atoms with Crippen LogP contribution in [-0.2, 0) is 22.4 Å². The molecular formula is C24H30N2O3. The predicted molar refractivity (Wildman–Crippen MR) is 114 cm³/mol. The van der Waals surface area contributed by atoms with Crippen molar-refractivity contribution in [1.29, 1.82) is 0 Å². The minimum atomic E-state index is -0.0184. The van der Waals surface area contributed by atoms with E-state index in [1.54, 1.807) is 7.11 Å². The number of ether oxygens (including phenoxy) is 1. The van der Waals surface area contributed by atoms with E-state index in [9.17, 15) is 9.59 Å². The van der Waals surface area contributed by atoms with Gasteiger partial charge in [0.05, 0.1) is 13.5 Å². The zero-order chi connectivity index (χ0) is 20.6. The third kappa shape index (κ3) is 5.59. The molecule has 5 nitrogen and oxygen atoms in total. The summed E-state index contributed by atoms with van der Waals surface area (Å²) in [5.74, 6) is 1.07. The average Bonchev–Trinajstić information content (AvgIpc) is 2.75. The lowest BCUT2D eigenvalue weighted by molar-refractivity contribution is -0.135. The van der Waals surface area contributed by atoms with Gasteiger partial charge >= 0.3 is 0 Å². The molecule has 29 heavy (non-hydrogen) atoms. The number of amides is 2. The van der Waals surface area contributed by atoms with E-state index in [-0.39, 0.29) is 17.7 Å². The van der Waals surface area contributed by atoms with E-state index in [0.717, 1.165) is 41.7 Å². The monoisotopic (exact) mass is 394 g/mol. The highest BCUT2D eigenvalue weighted by molar-refractivity contribution is 5.81. The summed E-state index contributed by atoms with van der Waals surface area (Å²) >= 11 is 0. The van der Waals surface area contributed by atoms with Crippen LogP contribution in [0.2, 0.25) is 0 Å². The van der Waals surface area contributed by atoms with Gasteiger partial charge in [-0.3, -0.25) is 9.59 Å². The van der Waals surface area contributed by atoms with Crippen LogP contribution in [0.5, 0.6) is 5.75 Å². The molecule has 0 unspecified atom stereocenters.